The van der Waals surface area contributed by atoms with Gasteiger partial charge in [0.1, 0.15) is 11.6 Å². The fourth-order valence-corrected chi connectivity index (χ4v) is 3.54. The van der Waals surface area contributed by atoms with Crippen molar-refractivity contribution in [3.8, 4) is 0 Å². The topological polar surface area (TPSA) is 79.0 Å². The van der Waals surface area contributed by atoms with Crippen LogP contribution in [-0.2, 0) is 14.3 Å². The van der Waals surface area contributed by atoms with Gasteiger partial charge in [-0.15, -0.1) is 0 Å². The van der Waals surface area contributed by atoms with E-state index in [4.69, 9.17) is 4.74 Å². The number of halogens is 3. The molecule has 2 rings (SSSR count). The summed E-state index contributed by atoms with van der Waals surface area (Å²) in [6, 6.07) is 5.14. The van der Waals surface area contributed by atoms with Crippen molar-refractivity contribution in [3.63, 3.8) is 0 Å². The first-order valence-electron chi connectivity index (χ1n) is 9.86. The van der Waals surface area contributed by atoms with Crippen LogP contribution in [0.1, 0.15) is 38.7 Å². The van der Waals surface area contributed by atoms with Gasteiger partial charge in [-0.1, -0.05) is 28.1 Å². The molecule has 1 saturated heterocycles. The Balaban J connectivity index is 2.49. The summed E-state index contributed by atoms with van der Waals surface area (Å²) in [6.45, 7) is 4.78. The van der Waals surface area contributed by atoms with Gasteiger partial charge in [0.25, 0.3) is 0 Å². The van der Waals surface area contributed by atoms with Gasteiger partial charge in [0.2, 0.25) is 18.1 Å². The minimum Gasteiger partial charge on any atom is -0.444 e. The maximum Gasteiger partial charge on any atom is 0.408 e. The van der Waals surface area contributed by atoms with Gasteiger partial charge in [-0.25, -0.2) is 13.6 Å². The Kier molecular flexibility index (Phi) is 8.02. The van der Waals surface area contributed by atoms with Crippen molar-refractivity contribution < 1.29 is 27.9 Å². The van der Waals surface area contributed by atoms with E-state index in [1.54, 1.807) is 45.0 Å². The summed E-state index contributed by atoms with van der Waals surface area (Å²) in [5, 5.41) is 2.43. The van der Waals surface area contributed by atoms with Crippen LogP contribution in [0, 0.1) is 0 Å². The zero-order valence-electron chi connectivity index (χ0n) is 18.2. The van der Waals surface area contributed by atoms with E-state index in [1.165, 1.54) is 19.0 Å². The predicted octanol–water partition coefficient (Wildman–Crippen LogP) is 3.38. The molecule has 0 spiro atoms. The van der Waals surface area contributed by atoms with Gasteiger partial charge < -0.3 is 19.9 Å². The van der Waals surface area contributed by atoms with Gasteiger partial charge in [0.15, 0.2) is 6.17 Å². The molecule has 1 aliphatic rings. The molecule has 10 heteroatoms. The molecule has 1 aromatic rings. The Morgan fingerprint density at radius 1 is 1.19 bits per heavy atom. The van der Waals surface area contributed by atoms with E-state index >= 15 is 0 Å². The molecule has 3 amide bonds. The van der Waals surface area contributed by atoms with Crippen LogP contribution in [0.25, 0.3) is 0 Å². The summed E-state index contributed by atoms with van der Waals surface area (Å²) in [4.78, 5) is 40.9. The number of nitrogens with one attached hydrogen (secondary N) is 1. The number of carbonyl (C=O) groups excluding carboxylic acids is 3. The highest BCUT2D eigenvalue weighted by Gasteiger charge is 2.45. The van der Waals surface area contributed by atoms with Crippen molar-refractivity contribution in [1.29, 1.82) is 0 Å². The first kappa shape index (κ1) is 25.0. The van der Waals surface area contributed by atoms with Crippen molar-refractivity contribution in [2.24, 2.45) is 0 Å². The summed E-state index contributed by atoms with van der Waals surface area (Å²) in [7, 11) is 3.02. The van der Waals surface area contributed by atoms with Crippen LogP contribution in [0.4, 0.5) is 13.6 Å². The quantitative estimate of drug-likeness (QED) is 0.624. The van der Waals surface area contributed by atoms with Crippen molar-refractivity contribution in [1.82, 2.24) is 15.1 Å². The number of alkyl carbamates (subject to hydrolysis) is 1. The molecule has 1 aromatic carbocycles. The molecule has 4 atom stereocenters. The number of ether oxygens (including phenoxy) is 1. The molecule has 0 aromatic heterocycles. The van der Waals surface area contributed by atoms with E-state index < -0.39 is 47.9 Å². The number of likely N-dealkylation sites (tertiary alicyclic amines) is 1. The number of hydrogen-bond acceptors (Lipinski definition) is 4. The van der Waals surface area contributed by atoms with E-state index in [-0.39, 0.29) is 13.0 Å². The molecular weight excluding hydrogens is 476 g/mol. The van der Waals surface area contributed by atoms with Gasteiger partial charge in [-0.05, 0) is 38.5 Å². The molecule has 1 N–H and O–H groups in total. The third kappa shape index (κ3) is 6.38. The monoisotopic (exact) mass is 503 g/mol. The molecular formula is C21H28BrF2N3O4. The van der Waals surface area contributed by atoms with Gasteiger partial charge in [-0.2, -0.15) is 0 Å². The Hall–Kier alpha value is -2.23. The van der Waals surface area contributed by atoms with Gasteiger partial charge in [-0.3, -0.25) is 9.59 Å². The van der Waals surface area contributed by atoms with Crippen LogP contribution in [0.5, 0.6) is 0 Å². The van der Waals surface area contributed by atoms with E-state index in [0.29, 0.717) is 5.56 Å². The van der Waals surface area contributed by atoms with E-state index in [2.05, 4.69) is 21.2 Å². The lowest BCUT2D eigenvalue weighted by Gasteiger charge is -2.33. The number of carbonyl (C=O) groups is 3. The Labute approximate surface area is 189 Å². The van der Waals surface area contributed by atoms with Crippen LogP contribution in [0.15, 0.2) is 28.7 Å². The Bertz CT molecular complexity index is 814. The normalized spacial score (nSPS) is 20.7. The standard InChI is InChI=1S/C21H28BrF2N3O4/c1-21(2,3)31-20(30)25-16(19(29)27-11-10-14(23)17(27)24)15(18(28)26(4)5)12-6-8-13(22)9-7-12/h6-9,14-17H,10-11H2,1-5H3,(H,25,30)/t14-,15-,16-,17?/m0/s1. The van der Waals surface area contributed by atoms with Crippen molar-refractivity contribution >= 4 is 33.8 Å². The number of alkyl halides is 2. The van der Waals surface area contributed by atoms with E-state index in [1.807, 2.05) is 0 Å². The summed E-state index contributed by atoms with van der Waals surface area (Å²) < 4.78 is 34.1. The summed E-state index contributed by atoms with van der Waals surface area (Å²) >= 11 is 3.32. The molecule has 1 fully saturated rings. The number of hydrogen-bond donors (Lipinski definition) is 1. The number of benzene rings is 1. The smallest absolute Gasteiger partial charge is 0.408 e. The molecule has 0 saturated carbocycles. The minimum atomic E-state index is -2.14. The lowest BCUT2D eigenvalue weighted by Crippen LogP contribution is -2.56. The average Bonchev–Trinajstić information content (AvgIpc) is 2.99. The number of nitrogens with zero attached hydrogens (tertiary/aromatic N) is 2. The Morgan fingerprint density at radius 2 is 1.77 bits per heavy atom. The minimum absolute atomic E-state index is 0.156. The van der Waals surface area contributed by atoms with Gasteiger partial charge in [0, 0.05) is 31.5 Å². The third-order valence-electron chi connectivity index (χ3n) is 4.73. The number of rotatable bonds is 5. The summed E-state index contributed by atoms with van der Waals surface area (Å²) in [5.74, 6) is -2.54. The highest BCUT2D eigenvalue weighted by Crippen LogP contribution is 2.29. The SMILES string of the molecule is CN(C)C(=O)[C@@H](c1ccc(Br)cc1)[C@H](NC(=O)OC(C)(C)C)C(=O)N1CC[C@H](F)C1F. The zero-order valence-corrected chi connectivity index (χ0v) is 19.8. The number of likely N-dealkylation sites (N-methyl/N-ethyl adjacent to an activating group) is 1. The molecule has 1 heterocycles. The average molecular weight is 504 g/mol. The van der Waals surface area contributed by atoms with E-state index in [9.17, 15) is 23.2 Å². The molecule has 0 bridgehead atoms. The molecule has 1 aliphatic heterocycles. The van der Waals surface area contributed by atoms with Crippen molar-refractivity contribution in [3.05, 3.63) is 34.3 Å². The van der Waals surface area contributed by atoms with E-state index in [0.717, 1.165) is 9.37 Å². The van der Waals surface area contributed by atoms with Crippen LogP contribution < -0.4 is 5.32 Å². The first-order valence-corrected chi connectivity index (χ1v) is 10.7. The van der Waals surface area contributed by atoms with Gasteiger partial charge >= 0.3 is 6.09 Å². The fourth-order valence-electron chi connectivity index (χ4n) is 3.28. The van der Waals surface area contributed by atoms with Crippen LogP contribution in [0.3, 0.4) is 0 Å². The summed E-state index contributed by atoms with van der Waals surface area (Å²) in [6.07, 6.45) is -5.06. The maximum atomic E-state index is 14.4. The van der Waals surface area contributed by atoms with Crippen LogP contribution in [-0.4, -0.2) is 72.5 Å². The lowest BCUT2D eigenvalue weighted by atomic mass is 9.89. The largest absolute Gasteiger partial charge is 0.444 e. The van der Waals surface area contributed by atoms with Crippen molar-refractivity contribution in [2.75, 3.05) is 20.6 Å². The molecule has 172 valence electrons. The molecule has 31 heavy (non-hydrogen) atoms. The highest BCUT2D eigenvalue weighted by molar-refractivity contribution is 9.10. The fraction of sp³-hybridized carbons (Fsp3) is 0.571. The second-order valence-corrected chi connectivity index (χ2v) is 9.51. The maximum absolute atomic E-state index is 14.4. The highest BCUT2D eigenvalue weighted by atomic mass is 79.9. The molecule has 1 unspecified atom stereocenters. The second-order valence-electron chi connectivity index (χ2n) is 8.59. The van der Waals surface area contributed by atoms with Gasteiger partial charge in [0.05, 0.1) is 5.92 Å². The number of amides is 3. The van der Waals surface area contributed by atoms with Crippen LogP contribution >= 0.6 is 15.9 Å². The lowest BCUT2D eigenvalue weighted by molar-refractivity contribution is -0.143. The molecule has 7 nitrogen and oxygen atoms in total. The molecule has 0 aliphatic carbocycles. The van der Waals surface area contributed by atoms with Crippen molar-refractivity contribution in [2.45, 2.75) is 57.2 Å². The zero-order chi connectivity index (χ0) is 23.5. The second kappa shape index (κ2) is 9.93. The van der Waals surface area contributed by atoms with Crippen LogP contribution in [0.2, 0.25) is 0 Å². The first-order chi connectivity index (χ1) is 14.3. The Morgan fingerprint density at radius 3 is 2.23 bits per heavy atom. The predicted molar refractivity (Wildman–Crippen MR) is 115 cm³/mol. The third-order valence-corrected chi connectivity index (χ3v) is 5.26. The molecule has 0 radical (unpaired) electrons. The summed E-state index contributed by atoms with van der Waals surface area (Å²) in [5.41, 5.74) is -0.431.